The number of ether oxygens (including phenoxy) is 4. The SMILES string of the molecule is CCOC(=O)c1nn(-c2ccc(OC(F)(F)F)cc2)c(=O)c2c(NC(=O)c3ccc(OC)cc3OC)scc12. The lowest BCUT2D eigenvalue weighted by atomic mass is 10.1. The van der Waals surface area contributed by atoms with Crippen molar-refractivity contribution in [3.8, 4) is 22.9 Å². The number of methoxy groups -OCH3 is 2. The van der Waals surface area contributed by atoms with Gasteiger partial charge in [-0.05, 0) is 43.3 Å². The third-order valence-electron chi connectivity index (χ3n) is 5.32. The van der Waals surface area contributed by atoms with Gasteiger partial charge in [-0.25, -0.2) is 4.79 Å². The molecule has 0 bridgehead atoms. The number of nitrogens with one attached hydrogen (secondary N) is 1. The fourth-order valence-corrected chi connectivity index (χ4v) is 4.54. The molecule has 0 unspecified atom stereocenters. The van der Waals surface area contributed by atoms with Crippen molar-refractivity contribution in [1.29, 1.82) is 0 Å². The number of nitrogens with zero attached hydrogens (tertiary/aromatic N) is 2. The Hall–Kier alpha value is -4.59. The molecule has 4 aromatic rings. The number of halogens is 3. The molecule has 0 saturated carbocycles. The number of aromatic nitrogens is 2. The summed E-state index contributed by atoms with van der Waals surface area (Å²) < 4.78 is 57.9. The lowest BCUT2D eigenvalue weighted by Crippen LogP contribution is -2.25. The van der Waals surface area contributed by atoms with E-state index in [9.17, 15) is 27.6 Å². The highest BCUT2D eigenvalue weighted by atomic mass is 32.1. The largest absolute Gasteiger partial charge is 0.573 e. The van der Waals surface area contributed by atoms with Gasteiger partial charge in [-0.2, -0.15) is 9.78 Å². The molecule has 0 aliphatic heterocycles. The Bertz CT molecular complexity index is 1600. The smallest absolute Gasteiger partial charge is 0.497 e. The zero-order valence-corrected chi connectivity index (χ0v) is 21.4. The quantitative estimate of drug-likeness (QED) is 0.304. The fraction of sp³-hybridized carbons (Fsp3) is 0.200. The molecule has 2 aromatic heterocycles. The van der Waals surface area contributed by atoms with Crippen LogP contribution in [-0.4, -0.2) is 48.8 Å². The van der Waals surface area contributed by atoms with E-state index in [-0.39, 0.29) is 45.1 Å². The minimum atomic E-state index is -4.90. The van der Waals surface area contributed by atoms with E-state index in [4.69, 9.17) is 14.2 Å². The van der Waals surface area contributed by atoms with E-state index in [1.807, 2.05) is 0 Å². The van der Waals surface area contributed by atoms with Crippen LogP contribution in [-0.2, 0) is 4.74 Å². The van der Waals surface area contributed by atoms with Crippen LogP contribution in [0.2, 0.25) is 0 Å². The van der Waals surface area contributed by atoms with Crippen molar-refractivity contribution in [2.75, 3.05) is 26.1 Å². The van der Waals surface area contributed by atoms with Crippen LogP contribution in [0.3, 0.4) is 0 Å². The molecule has 204 valence electrons. The van der Waals surface area contributed by atoms with E-state index < -0.39 is 29.5 Å². The van der Waals surface area contributed by atoms with E-state index in [0.29, 0.717) is 5.75 Å². The van der Waals surface area contributed by atoms with Crippen molar-refractivity contribution >= 4 is 39.0 Å². The summed E-state index contributed by atoms with van der Waals surface area (Å²) in [4.78, 5) is 39.4. The minimum Gasteiger partial charge on any atom is -0.497 e. The minimum absolute atomic E-state index is 0.0234. The number of alkyl halides is 3. The van der Waals surface area contributed by atoms with Gasteiger partial charge in [0.15, 0.2) is 5.69 Å². The summed E-state index contributed by atoms with van der Waals surface area (Å²) in [7, 11) is 2.84. The maximum Gasteiger partial charge on any atom is 0.573 e. The molecule has 10 nitrogen and oxygen atoms in total. The number of thiophene rings is 1. The first kappa shape index (κ1) is 27.4. The maximum atomic E-state index is 13.5. The lowest BCUT2D eigenvalue weighted by molar-refractivity contribution is -0.274. The normalized spacial score (nSPS) is 11.2. The van der Waals surface area contributed by atoms with Crippen molar-refractivity contribution in [3.05, 3.63) is 69.5 Å². The second-order valence-corrected chi connectivity index (χ2v) is 8.58. The summed E-state index contributed by atoms with van der Waals surface area (Å²) in [5, 5.41) is 8.45. The summed E-state index contributed by atoms with van der Waals surface area (Å²) in [6.07, 6.45) is -4.90. The highest BCUT2D eigenvalue weighted by molar-refractivity contribution is 7.16. The molecule has 14 heteroatoms. The summed E-state index contributed by atoms with van der Waals surface area (Å²) in [5.41, 5.74) is -0.760. The van der Waals surface area contributed by atoms with Crippen molar-refractivity contribution in [2.24, 2.45) is 0 Å². The first-order valence-corrected chi connectivity index (χ1v) is 12.1. The van der Waals surface area contributed by atoms with Crippen LogP contribution in [0.1, 0.15) is 27.8 Å². The molecule has 2 aromatic carbocycles. The molecule has 0 spiro atoms. The van der Waals surface area contributed by atoms with Gasteiger partial charge in [-0.15, -0.1) is 24.5 Å². The first-order valence-electron chi connectivity index (χ1n) is 11.2. The molecular formula is C25H20F3N3O7S. The molecular weight excluding hydrogens is 543 g/mol. The van der Waals surface area contributed by atoms with Crippen LogP contribution < -0.4 is 25.1 Å². The zero-order valence-electron chi connectivity index (χ0n) is 20.6. The van der Waals surface area contributed by atoms with Crippen molar-refractivity contribution in [2.45, 2.75) is 13.3 Å². The molecule has 4 rings (SSSR count). The van der Waals surface area contributed by atoms with Gasteiger partial charge in [-0.1, -0.05) is 0 Å². The Balaban J connectivity index is 1.81. The third kappa shape index (κ3) is 5.80. The number of hydrogen-bond acceptors (Lipinski definition) is 9. The van der Waals surface area contributed by atoms with E-state index in [1.165, 1.54) is 43.9 Å². The number of esters is 1. The number of amides is 1. The number of carbonyl (C=O) groups is 2. The number of rotatable bonds is 8. The van der Waals surface area contributed by atoms with Gasteiger partial charge in [-0.3, -0.25) is 9.59 Å². The topological polar surface area (TPSA) is 118 Å². The molecule has 1 N–H and O–H groups in total. The Morgan fingerprint density at radius 3 is 2.36 bits per heavy atom. The molecule has 0 atom stereocenters. The molecule has 0 aliphatic carbocycles. The Kier molecular flexibility index (Phi) is 7.76. The molecule has 1 amide bonds. The van der Waals surface area contributed by atoms with Crippen molar-refractivity contribution < 1.29 is 41.7 Å². The molecule has 0 radical (unpaired) electrons. The highest BCUT2D eigenvalue weighted by Gasteiger charge is 2.31. The summed E-state index contributed by atoms with van der Waals surface area (Å²) in [6.45, 7) is 1.61. The number of fused-ring (bicyclic) bond motifs is 1. The van der Waals surface area contributed by atoms with Crippen molar-refractivity contribution in [1.82, 2.24) is 9.78 Å². The summed E-state index contributed by atoms with van der Waals surface area (Å²) in [6, 6.07) is 8.90. The number of carbonyl (C=O) groups excluding carboxylic acids is 2. The predicted octanol–water partition coefficient (Wildman–Crippen LogP) is 4.79. The van der Waals surface area contributed by atoms with E-state index in [1.54, 1.807) is 13.0 Å². The van der Waals surface area contributed by atoms with Gasteiger partial charge in [0, 0.05) is 16.8 Å². The standard InChI is InChI=1S/C25H20F3N3O7S/c1-4-37-24(34)20-17-12-39-22(29-21(32)16-10-9-15(35-2)11-18(16)36-3)19(17)23(33)31(30-20)13-5-7-14(8-6-13)38-25(26,27)28/h5-12H,4H2,1-3H3,(H,29,32). The van der Waals surface area contributed by atoms with Crippen LogP contribution in [0.4, 0.5) is 18.2 Å². The first-order chi connectivity index (χ1) is 18.6. The van der Waals surface area contributed by atoms with Crippen LogP contribution in [0, 0.1) is 0 Å². The van der Waals surface area contributed by atoms with Gasteiger partial charge >= 0.3 is 12.3 Å². The second-order valence-electron chi connectivity index (χ2n) is 7.70. The molecule has 0 saturated heterocycles. The molecule has 0 fully saturated rings. The molecule has 2 heterocycles. The summed E-state index contributed by atoms with van der Waals surface area (Å²) >= 11 is 0.980. The van der Waals surface area contributed by atoms with Crippen LogP contribution in [0.25, 0.3) is 16.5 Å². The van der Waals surface area contributed by atoms with E-state index in [2.05, 4.69) is 15.2 Å². The van der Waals surface area contributed by atoms with Gasteiger partial charge in [0.05, 0.1) is 37.5 Å². The van der Waals surface area contributed by atoms with Gasteiger partial charge in [0.25, 0.3) is 11.5 Å². The predicted molar refractivity (Wildman–Crippen MR) is 135 cm³/mol. The van der Waals surface area contributed by atoms with Crippen LogP contribution in [0.15, 0.2) is 52.6 Å². The van der Waals surface area contributed by atoms with Crippen LogP contribution >= 0.6 is 11.3 Å². The molecule has 0 aliphatic rings. The van der Waals surface area contributed by atoms with E-state index >= 15 is 0 Å². The fourth-order valence-electron chi connectivity index (χ4n) is 3.61. The second kappa shape index (κ2) is 11.0. The Labute approximate surface area is 222 Å². The van der Waals surface area contributed by atoms with E-state index in [0.717, 1.165) is 28.2 Å². The number of hydrogen-bond donors (Lipinski definition) is 1. The number of anilines is 1. The van der Waals surface area contributed by atoms with Gasteiger partial charge < -0.3 is 24.3 Å². The zero-order chi connectivity index (χ0) is 28.3. The maximum absolute atomic E-state index is 13.5. The average Bonchev–Trinajstić information content (AvgIpc) is 3.32. The molecule has 39 heavy (non-hydrogen) atoms. The monoisotopic (exact) mass is 563 g/mol. The van der Waals surface area contributed by atoms with Crippen LogP contribution in [0.5, 0.6) is 17.2 Å². The Morgan fingerprint density at radius 2 is 1.74 bits per heavy atom. The third-order valence-corrected chi connectivity index (χ3v) is 6.21. The highest BCUT2D eigenvalue weighted by Crippen LogP contribution is 2.33. The Morgan fingerprint density at radius 1 is 1.05 bits per heavy atom. The lowest BCUT2D eigenvalue weighted by Gasteiger charge is -2.12. The average molecular weight is 564 g/mol. The summed E-state index contributed by atoms with van der Waals surface area (Å²) in [5.74, 6) is -1.26. The van der Waals surface area contributed by atoms with Gasteiger partial charge in [0.2, 0.25) is 0 Å². The number of benzene rings is 2. The van der Waals surface area contributed by atoms with Crippen molar-refractivity contribution in [3.63, 3.8) is 0 Å². The van der Waals surface area contributed by atoms with Gasteiger partial charge in [0.1, 0.15) is 22.2 Å².